The second-order valence-electron chi connectivity index (χ2n) is 11.4. The molecule has 0 heterocycles. The van der Waals surface area contributed by atoms with Gasteiger partial charge >= 0.3 is 0 Å². The first-order valence-corrected chi connectivity index (χ1v) is 16.1. The number of methoxy groups -OCH3 is 1. The fourth-order valence-electron chi connectivity index (χ4n) is 3.32. The van der Waals surface area contributed by atoms with Gasteiger partial charge in [0.1, 0.15) is 17.7 Å². The molecule has 34 heavy (non-hydrogen) atoms. The molecule has 190 valence electrons. The summed E-state index contributed by atoms with van der Waals surface area (Å²) in [5.41, 5.74) is 1.74. The van der Waals surface area contributed by atoms with E-state index in [1.807, 2.05) is 39.0 Å². The zero-order chi connectivity index (χ0) is 26.1. The zero-order valence-electron chi connectivity index (χ0n) is 22.1. The Morgan fingerprint density at radius 1 is 0.971 bits per heavy atom. The summed E-state index contributed by atoms with van der Waals surface area (Å²) < 4.78 is 56.6. The van der Waals surface area contributed by atoms with Crippen LogP contribution in [0.5, 0.6) is 5.75 Å². The summed E-state index contributed by atoms with van der Waals surface area (Å²) in [5, 5.41) is 0.0484. The summed E-state index contributed by atoms with van der Waals surface area (Å²) in [5.74, 6) is 0.0726. The molecule has 2 aromatic carbocycles. The predicted octanol–water partition coefficient (Wildman–Crippen LogP) is 7.09. The molecule has 2 aromatic rings. The van der Waals surface area contributed by atoms with Crippen LogP contribution in [0.15, 0.2) is 36.4 Å². The first-order chi connectivity index (χ1) is 15.4. The van der Waals surface area contributed by atoms with Gasteiger partial charge in [-0.3, -0.25) is 4.18 Å². The molecule has 0 spiro atoms. The van der Waals surface area contributed by atoms with E-state index in [4.69, 9.17) is 13.3 Å². The van der Waals surface area contributed by atoms with Gasteiger partial charge in [-0.1, -0.05) is 59.7 Å². The van der Waals surface area contributed by atoms with Crippen molar-refractivity contribution in [1.29, 1.82) is 0 Å². The zero-order valence-corrected chi connectivity index (χ0v) is 23.9. The number of rotatable bonds is 8. The largest absolute Gasteiger partial charge is 0.497 e. The number of benzene rings is 2. The van der Waals surface area contributed by atoms with Gasteiger partial charge in [-0.05, 0) is 58.4 Å². The van der Waals surface area contributed by atoms with Crippen molar-refractivity contribution in [3.8, 4) is 16.9 Å². The highest BCUT2D eigenvalue weighted by Crippen LogP contribution is 2.43. The number of halogens is 1. The second-order valence-corrected chi connectivity index (χ2v) is 17.8. The summed E-state index contributed by atoms with van der Waals surface area (Å²) in [7, 11) is -4.28. The van der Waals surface area contributed by atoms with E-state index >= 15 is 0 Å². The van der Waals surface area contributed by atoms with E-state index in [9.17, 15) is 12.8 Å². The molecular formula is C26H39FO5SSi. The van der Waals surface area contributed by atoms with E-state index in [0.717, 1.165) is 11.8 Å². The lowest BCUT2D eigenvalue weighted by Crippen LogP contribution is -2.40. The molecule has 1 unspecified atom stereocenters. The molecular weight excluding hydrogens is 471 g/mol. The van der Waals surface area contributed by atoms with Crippen LogP contribution in [-0.2, 0) is 25.3 Å². The minimum atomic E-state index is -3.79. The topological polar surface area (TPSA) is 61.8 Å². The van der Waals surface area contributed by atoms with Crippen LogP contribution in [0.3, 0.4) is 0 Å². The maximum atomic E-state index is 15.0. The maximum Gasteiger partial charge on any atom is 0.264 e. The number of hydrogen-bond acceptors (Lipinski definition) is 5. The van der Waals surface area contributed by atoms with E-state index < -0.39 is 35.8 Å². The van der Waals surface area contributed by atoms with Crippen molar-refractivity contribution in [2.75, 3.05) is 13.4 Å². The Bertz CT molecular complexity index is 1110. The van der Waals surface area contributed by atoms with Gasteiger partial charge in [0.15, 0.2) is 8.32 Å². The third-order valence-electron chi connectivity index (χ3n) is 6.33. The van der Waals surface area contributed by atoms with Crippen LogP contribution in [0.2, 0.25) is 18.1 Å². The highest BCUT2D eigenvalue weighted by molar-refractivity contribution is 7.86. The molecule has 0 fully saturated rings. The minimum Gasteiger partial charge on any atom is -0.497 e. The normalized spacial score (nSPS) is 14.2. The molecule has 0 saturated heterocycles. The monoisotopic (exact) mass is 510 g/mol. The van der Waals surface area contributed by atoms with Crippen LogP contribution < -0.4 is 4.74 Å². The third-order valence-corrected chi connectivity index (χ3v) is 11.3. The summed E-state index contributed by atoms with van der Waals surface area (Å²) in [4.78, 5) is 0. The first-order valence-electron chi connectivity index (χ1n) is 11.3. The lowest BCUT2D eigenvalue weighted by atomic mass is 9.81. The predicted molar refractivity (Wildman–Crippen MR) is 138 cm³/mol. The van der Waals surface area contributed by atoms with Crippen molar-refractivity contribution >= 4 is 18.4 Å². The van der Waals surface area contributed by atoms with Crippen molar-refractivity contribution in [2.45, 2.75) is 72.4 Å². The Morgan fingerprint density at radius 2 is 1.59 bits per heavy atom. The van der Waals surface area contributed by atoms with E-state index in [0.29, 0.717) is 29.0 Å². The maximum absolute atomic E-state index is 15.0. The lowest BCUT2D eigenvalue weighted by molar-refractivity contribution is 0.0948. The van der Waals surface area contributed by atoms with Gasteiger partial charge in [-0.2, -0.15) is 8.42 Å². The van der Waals surface area contributed by atoms with Gasteiger partial charge in [0.05, 0.1) is 20.0 Å². The van der Waals surface area contributed by atoms with Crippen molar-refractivity contribution in [3.05, 3.63) is 53.3 Å². The van der Waals surface area contributed by atoms with Crippen molar-refractivity contribution in [1.82, 2.24) is 0 Å². The van der Waals surface area contributed by atoms with Crippen molar-refractivity contribution in [2.24, 2.45) is 5.41 Å². The molecule has 0 aliphatic carbocycles. The van der Waals surface area contributed by atoms with Crippen molar-refractivity contribution in [3.63, 3.8) is 0 Å². The molecule has 5 nitrogen and oxygen atoms in total. The Labute approximate surface area is 205 Å². The molecule has 0 bridgehead atoms. The van der Waals surface area contributed by atoms with Crippen LogP contribution in [-0.4, -0.2) is 30.1 Å². The average Bonchev–Trinajstić information content (AvgIpc) is 2.69. The Balaban J connectivity index is 2.69. The van der Waals surface area contributed by atoms with Crippen molar-refractivity contribution < 1.29 is 26.2 Å². The van der Waals surface area contributed by atoms with E-state index in [2.05, 4.69) is 33.9 Å². The molecule has 0 amide bonds. The molecule has 0 radical (unpaired) electrons. The van der Waals surface area contributed by atoms with E-state index in [1.165, 1.54) is 13.2 Å². The summed E-state index contributed by atoms with van der Waals surface area (Å²) in [6.45, 7) is 16.9. The highest BCUT2D eigenvalue weighted by atomic mass is 32.2. The minimum absolute atomic E-state index is 0.0484. The summed E-state index contributed by atoms with van der Waals surface area (Å²) in [6, 6.07) is 10.1. The number of ether oxygens (including phenoxy) is 1. The van der Waals surface area contributed by atoms with Crippen LogP contribution in [0.1, 0.15) is 58.8 Å². The van der Waals surface area contributed by atoms with Crippen LogP contribution >= 0.6 is 0 Å². The first kappa shape index (κ1) is 28.5. The smallest absolute Gasteiger partial charge is 0.264 e. The standard InChI is InChI=1S/C26H39FO5SSi/c1-25(2,3)24(32-33(8,28)29)22-15-18(17-31-34(9,10)26(4,5)6)11-13-20(22)21-16-19(30-7)12-14-23(21)27/h11-16,24H,17H2,1-10H3. The van der Waals surface area contributed by atoms with Gasteiger partial charge in [0.2, 0.25) is 0 Å². The highest BCUT2D eigenvalue weighted by Gasteiger charge is 2.37. The fourth-order valence-corrected chi connectivity index (χ4v) is 5.02. The van der Waals surface area contributed by atoms with Crippen LogP contribution in [0, 0.1) is 11.2 Å². The lowest BCUT2D eigenvalue weighted by Gasteiger charge is -2.36. The van der Waals surface area contributed by atoms with E-state index in [1.54, 1.807) is 12.1 Å². The third kappa shape index (κ3) is 7.13. The fraction of sp³-hybridized carbons (Fsp3) is 0.538. The number of hydrogen-bond donors (Lipinski definition) is 0. The van der Waals surface area contributed by atoms with Crippen LogP contribution in [0.25, 0.3) is 11.1 Å². The van der Waals surface area contributed by atoms with Gasteiger partial charge in [-0.25, -0.2) is 4.39 Å². The molecule has 0 aliphatic rings. The van der Waals surface area contributed by atoms with Gasteiger partial charge in [0.25, 0.3) is 10.1 Å². The average molecular weight is 511 g/mol. The summed E-state index contributed by atoms with van der Waals surface area (Å²) >= 11 is 0. The molecule has 0 saturated carbocycles. The second kappa shape index (κ2) is 10.1. The van der Waals surface area contributed by atoms with Gasteiger partial charge in [0, 0.05) is 5.56 Å². The van der Waals surface area contributed by atoms with Crippen LogP contribution in [0.4, 0.5) is 4.39 Å². The van der Waals surface area contributed by atoms with Gasteiger partial charge < -0.3 is 9.16 Å². The molecule has 1 atom stereocenters. The Morgan fingerprint density at radius 3 is 2.09 bits per heavy atom. The SMILES string of the molecule is COc1ccc(F)c(-c2ccc(CO[Si](C)(C)C(C)(C)C)cc2C(OS(C)(=O)=O)C(C)(C)C)c1. The van der Waals surface area contributed by atoms with Gasteiger partial charge in [-0.15, -0.1) is 0 Å². The Kier molecular flexibility index (Phi) is 8.46. The molecule has 0 aliphatic heterocycles. The Hall–Kier alpha value is -1.74. The van der Waals surface area contributed by atoms with E-state index in [-0.39, 0.29) is 5.04 Å². The molecule has 0 N–H and O–H groups in total. The molecule has 8 heteroatoms. The quantitative estimate of drug-likeness (QED) is 0.280. The molecule has 0 aromatic heterocycles. The summed E-state index contributed by atoms with van der Waals surface area (Å²) in [6.07, 6.45) is 0.193. The molecule has 2 rings (SSSR count).